The maximum atomic E-state index is 11.3. The van der Waals surface area contributed by atoms with Crippen LogP contribution in [-0.2, 0) is 9.53 Å². The summed E-state index contributed by atoms with van der Waals surface area (Å²) in [7, 11) is 0. The van der Waals surface area contributed by atoms with Gasteiger partial charge in [-0.1, -0.05) is 25.7 Å². The van der Waals surface area contributed by atoms with Crippen LogP contribution in [0.5, 0.6) is 0 Å². The molecule has 1 fully saturated rings. The molecule has 1 rings (SSSR count). The Bertz CT molecular complexity index is 198. The van der Waals surface area contributed by atoms with Crippen LogP contribution in [0.15, 0.2) is 0 Å². The summed E-state index contributed by atoms with van der Waals surface area (Å²) in [5, 5.41) is 3.55. The predicted octanol–water partition coefficient (Wildman–Crippen LogP) is 2.64. The molecule has 3 heteroatoms. The van der Waals surface area contributed by atoms with E-state index in [1.807, 2.05) is 6.92 Å². The van der Waals surface area contributed by atoms with E-state index >= 15 is 0 Å². The molecule has 0 aliphatic heterocycles. The van der Waals surface area contributed by atoms with Gasteiger partial charge >= 0.3 is 5.97 Å². The Hall–Kier alpha value is -0.570. The Morgan fingerprint density at radius 3 is 2.50 bits per heavy atom. The quantitative estimate of drug-likeness (QED) is 0.579. The van der Waals surface area contributed by atoms with Crippen molar-refractivity contribution in [2.24, 2.45) is 0 Å². The molecule has 0 saturated heterocycles. The number of nitrogens with one attached hydrogen (secondary N) is 1. The lowest BCUT2D eigenvalue weighted by molar-refractivity contribution is -0.143. The van der Waals surface area contributed by atoms with Gasteiger partial charge in [-0.2, -0.15) is 0 Å². The van der Waals surface area contributed by atoms with Gasteiger partial charge in [0.25, 0.3) is 0 Å². The van der Waals surface area contributed by atoms with Crippen molar-refractivity contribution in [1.82, 2.24) is 5.32 Å². The minimum atomic E-state index is -0.0869. The lowest BCUT2D eigenvalue weighted by Gasteiger charge is -2.21. The fraction of sp³-hybridized carbons (Fsp3) is 0.923. The smallest absolute Gasteiger partial charge is 0.307 e. The number of ether oxygens (including phenoxy) is 1. The fourth-order valence-corrected chi connectivity index (χ4v) is 2.38. The summed E-state index contributed by atoms with van der Waals surface area (Å²) < 4.78 is 4.95. The summed E-state index contributed by atoms with van der Waals surface area (Å²) in [5.74, 6) is -0.0869. The zero-order valence-electron chi connectivity index (χ0n) is 10.6. The van der Waals surface area contributed by atoms with Gasteiger partial charge in [0.2, 0.25) is 0 Å². The number of carbonyl (C=O) groups excluding carboxylic acids is 1. The van der Waals surface area contributed by atoms with Gasteiger partial charge in [-0.25, -0.2) is 0 Å². The zero-order valence-corrected chi connectivity index (χ0v) is 10.6. The molecule has 0 spiro atoms. The van der Waals surface area contributed by atoms with Gasteiger partial charge in [-0.15, -0.1) is 0 Å². The predicted molar refractivity (Wildman–Crippen MR) is 65.3 cm³/mol. The highest BCUT2D eigenvalue weighted by atomic mass is 16.5. The van der Waals surface area contributed by atoms with Crippen molar-refractivity contribution in [2.45, 2.75) is 70.9 Å². The topological polar surface area (TPSA) is 38.3 Å². The Kier molecular flexibility index (Phi) is 6.46. The second-order valence-corrected chi connectivity index (χ2v) is 4.77. The van der Waals surface area contributed by atoms with E-state index in [-0.39, 0.29) is 12.0 Å². The third-order valence-electron chi connectivity index (χ3n) is 3.15. The first-order chi connectivity index (χ1) is 7.72. The van der Waals surface area contributed by atoms with E-state index in [1.54, 1.807) is 0 Å². The number of hydrogen-bond donors (Lipinski definition) is 1. The molecule has 94 valence electrons. The minimum Gasteiger partial charge on any atom is -0.466 e. The third kappa shape index (κ3) is 5.50. The van der Waals surface area contributed by atoms with Gasteiger partial charge in [0, 0.05) is 12.1 Å². The summed E-state index contributed by atoms with van der Waals surface area (Å²) in [6, 6.07) is 0.842. The number of carbonyl (C=O) groups is 1. The normalized spacial score (nSPS) is 20.1. The van der Waals surface area contributed by atoms with E-state index in [0.29, 0.717) is 19.1 Å². The SMILES string of the molecule is CCOC(=O)CC(C)NC1CCCCCC1. The van der Waals surface area contributed by atoms with Gasteiger partial charge in [0.1, 0.15) is 0 Å². The van der Waals surface area contributed by atoms with Crippen LogP contribution in [0.2, 0.25) is 0 Å². The van der Waals surface area contributed by atoms with E-state index in [2.05, 4.69) is 12.2 Å². The molecule has 1 atom stereocenters. The lowest BCUT2D eigenvalue weighted by atomic mass is 10.1. The van der Waals surface area contributed by atoms with Crippen LogP contribution in [-0.4, -0.2) is 24.7 Å². The average molecular weight is 227 g/mol. The monoisotopic (exact) mass is 227 g/mol. The minimum absolute atomic E-state index is 0.0869. The van der Waals surface area contributed by atoms with Crippen LogP contribution in [0.3, 0.4) is 0 Å². The highest BCUT2D eigenvalue weighted by molar-refractivity contribution is 5.70. The summed E-state index contributed by atoms with van der Waals surface area (Å²) >= 11 is 0. The van der Waals surface area contributed by atoms with E-state index in [1.165, 1.54) is 38.5 Å². The van der Waals surface area contributed by atoms with Crippen molar-refractivity contribution in [3.8, 4) is 0 Å². The molecule has 0 aromatic heterocycles. The van der Waals surface area contributed by atoms with Crippen LogP contribution in [0.1, 0.15) is 58.8 Å². The molecular weight excluding hydrogens is 202 g/mol. The largest absolute Gasteiger partial charge is 0.466 e. The van der Waals surface area contributed by atoms with E-state index in [9.17, 15) is 4.79 Å². The molecule has 0 aromatic carbocycles. The maximum absolute atomic E-state index is 11.3. The molecule has 0 heterocycles. The maximum Gasteiger partial charge on any atom is 0.307 e. The molecule has 16 heavy (non-hydrogen) atoms. The number of rotatable bonds is 5. The second kappa shape index (κ2) is 7.66. The second-order valence-electron chi connectivity index (χ2n) is 4.77. The summed E-state index contributed by atoms with van der Waals surface area (Å²) in [5.41, 5.74) is 0. The van der Waals surface area contributed by atoms with Gasteiger partial charge < -0.3 is 10.1 Å². The van der Waals surface area contributed by atoms with E-state index < -0.39 is 0 Å². The molecule has 0 radical (unpaired) electrons. The van der Waals surface area contributed by atoms with Crippen molar-refractivity contribution in [3.05, 3.63) is 0 Å². The van der Waals surface area contributed by atoms with Crippen molar-refractivity contribution < 1.29 is 9.53 Å². The zero-order chi connectivity index (χ0) is 11.8. The van der Waals surface area contributed by atoms with Gasteiger partial charge in [-0.05, 0) is 26.7 Å². The Morgan fingerprint density at radius 2 is 1.94 bits per heavy atom. The van der Waals surface area contributed by atoms with Crippen LogP contribution < -0.4 is 5.32 Å². The van der Waals surface area contributed by atoms with Crippen molar-refractivity contribution in [1.29, 1.82) is 0 Å². The first-order valence-corrected chi connectivity index (χ1v) is 6.64. The van der Waals surface area contributed by atoms with Crippen LogP contribution in [0.25, 0.3) is 0 Å². The van der Waals surface area contributed by atoms with Crippen LogP contribution >= 0.6 is 0 Å². The highest BCUT2D eigenvalue weighted by Crippen LogP contribution is 2.17. The van der Waals surface area contributed by atoms with Gasteiger partial charge in [0.05, 0.1) is 13.0 Å². The number of esters is 1. The van der Waals surface area contributed by atoms with Crippen molar-refractivity contribution >= 4 is 5.97 Å². The van der Waals surface area contributed by atoms with Crippen LogP contribution in [0.4, 0.5) is 0 Å². The standard InChI is InChI=1S/C13H25NO2/c1-3-16-13(15)10-11(2)14-12-8-6-4-5-7-9-12/h11-12,14H,3-10H2,1-2H3. The first kappa shape index (κ1) is 13.5. The third-order valence-corrected chi connectivity index (χ3v) is 3.15. The molecular formula is C13H25NO2. The molecule has 3 nitrogen and oxygen atoms in total. The molecule has 0 bridgehead atoms. The summed E-state index contributed by atoms with van der Waals surface area (Å²) in [6.45, 7) is 4.40. The Labute approximate surface area is 98.9 Å². The lowest BCUT2D eigenvalue weighted by Crippen LogP contribution is -2.37. The summed E-state index contributed by atoms with van der Waals surface area (Å²) in [4.78, 5) is 11.3. The molecule has 1 aliphatic rings. The van der Waals surface area contributed by atoms with Gasteiger partial charge in [-0.3, -0.25) is 4.79 Å². The van der Waals surface area contributed by atoms with Crippen molar-refractivity contribution in [3.63, 3.8) is 0 Å². The van der Waals surface area contributed by atoms with Gasteiger partial charge in [0.15, 0.2) is 0 Å². The number of hydrogen-bond acceptors (Lipinski definition) is 3. The Balaban J connectivity index is 2.21. The fourth-order valence-electron chi connectivity index (χ4n) is 2.38. The molecule has 1 saturated carbocycles. The van der Waals surface area contributed by atoms with E-state index in [0.717, 1.165) is 0 Å². The molecule has 0 amide bonds. The van der Waals surface area contributed by atoms with E-state index in [4.69, 9.17) is 4.74 Å². The average Bonchev–Trinajstić information content (AvgIpc) is 2.46. The summed E-state index contributed by atoms with van der Waals surface area (Å²) in [6.07, 6.45) is 8.38. The molecule has 1 N–H and O–H groups in total. The Morgan fingerprint density at radius 1 is 1.31 bits per heavy atom. The molecule has 0 aromatic rings. The molecule has 1 aliphatic carbocycles. The van der Waals surface area contributed by atoms with Crippen LogP contribution in [0, 0.1) is 0 Å². The molecule has 1 unspecified atom stereocenters. The first-order valence-electron chi connectivity index (χ1n) is 6.64. The van der Waals surface area contributed by atoms with Crippen molar-refractivity contribution in [2.75, 3.05) is 6.61 Å². The highest BCUT2D eigenvalue weighted by Gasteiger charge is 2.16.